The maximum absolute atomic E-state index is 10.0. The Morgan fingerprint density at radius 1 is 1.62 bits per heavy atom. The van der Waals surface area contributed by atoms with Gasteiger partial charge in [-0.1, -0.05) is 13.8 Å². The summed E-state index contributed by atoms with van der Waals surface area (Å²) in [6.45, 7) is 4.24. The molecule has 0 saturated heterocycles. The van der Waals surface area contributed by atoms with E-state index in [4.69, 9.17) is 0 Å². The zero-order valence-corrected chi connectivity index (χ0v) is 5.18. The van der Waals surface area contributed by atoms with Crippen LogP contribution in [0.15, 0.2) is 12.3 Å². The summed E-state index contributed by atoms with van der Waals surface area (Å²) in [4.78, 5) is 10.0. The maximum atomic E-state index is 10.0. The van der Waals surface area contributed by atoms with Crippen molar-refractivity contribution in [2.45, 2.75) is 13.8 Å². The van der Waals surface area contributed by atoms with Crippen molar-refractivity contribution in [3.63, 3.8) is 0 Å². The lowest BCUT2D eigenvalue weighted by molar-refractivity contribution is -0.115. The van der Waals surface area contributed by atoms with Gasteiger partial charge in [-0.2, -0.15) is 0 Å². The first-order chi connectivity index (χ1) is 3.89. The van der Waals surface area contributed by atoms with Gasteiger partial charge < -0.3 is 4.74 Å². The number of carbonyl (C=O) groups is 1. The number of carbonyl (C=O) groups excluding carboxylic acids is 1. The predicted octanol–water partition coefficient (Wildman–Crippen LogP) is 1.13. The van der Waals surface area contributed by atoms with E-state index in [1.54, 1.807) is 0 Å². The number of ketones is 1. The van der Waals surface area contributed by atoms with Crippen LogP contribution in [-0.4, -0.2) is 12.4 Å². The highest BCUT2D eigenvalue weighted by atomic mass is 16.5. The van der Waals surface area contributed by atoms with Crippen LogP contribution in [0.2, 0.25) is 0 Å². The van der Waals surface area contributed by atoms with Crippen molar-refractivity contribution in [3.8, 4) is 0 Å². The van der Waals surface area contributed by atoms with Gasteiger partial charge in [0.1, 0.15) is 6.61 Å². The molecule has 0 aromatic heterocycles. The summed E-state index contributed by atoms with van der Waals surface area (Å²) in [7, 11) is 0. The van der Waals surface area contributed by atoms with Crippen LogP contribution >= 0.6 is 0 Å². The Hall–Kier alpha value is -0.790. The molecule has 0 aliphatic carbocycles. The second-order valence-electron chi connectivity index (χ2n) is 1.08. The summed E-state index contributed by atoms with van der Waals surface area (Å²) < 4.78 is 4.53. The molecule has 0 bridgehead atoms. The zero-order chi connectivity index (χ0) is 6.41. The van der Waals surface area contributed by atoms with Crippen molar-refractivity contribution in [3.05, 3.63) is 12.3 Å². The van der Waals surface area contributed by atoms with Crippen molar-refractivity contribution >= 4 is 5.78 Å². The summed E-state index contributed by atoms with van der Waals surface area (Å²) in [5, 5.41) is 0. The monoisotopic (exact) mass is 114 g/mol. The standard InChI is InChI=1S/C4H4O2.C2H6/c5-4-1-2-6-3-4;1-2/h1-2H,3H2;1-2H3. The second kappa shape index (κ2) is 4.37. The molecule has 2 nitrogen and oxygen atoms in total. The quantitative estimate of drug-likeness (QED) is 0.471. The number of hydrogen-bond acceptors (Lipinski definition) is 2. The van der Waals surface area contributed by atoms with Crippen LogP contribution in [0.5, 0.6) is 0 Å². The van der Waals surface area contributed by atoms with Gasteiger partial charge >= 0.3 is 0 Å². The van der Waals surface area contributed by atoms with Gasteiger partial charge in [-0.15, -0.1) is 0 Å². The van der Waals surface area contributed by atoms with E-state index >= 15 is 0 Å². The van der Waals surface area contributed by atoms with Gasteiger partial charge in [-0.25, -0.2) is 0 Å². The van der Waals surface area contributed by atoms with Gasteiger partial charge in [0.2, 0.25) is 0 Å². The van der Waals surface area contributed by atoms with Gasteiger partial charge in [-0.05, 0) is 0 Å². The first-order valence-corrected chi connectivity index (χ1v) is 2.70. The van der Waals surface area contributed by atoms with E-state index in [9.17, 15) is 4.79 Å². The van der Waals surface area contributed by atoms with Crippen LogP contribution in [-0.2, 0) is 9.53 Å². The highest BCUT2D eigenvalue weighted by Crippen LogP contribution is 1.89. The first-order valence-electron chi connectivity index (χ1n) is 2.70. The molecule has 0 unspecified atom stereocenters. The number of hydrogen-bond donors (Lipinski definition) is 0. The van der Waals surface area contributed by atoms with Crippen LogP contribution in [0.1, 0.15) is 13.8 Å². The summed E-state index contributed by atoms with van der Waals surface area (Å²) in [6, 6.07) is 0. The molecule has 0 fully saturated rings. The van der Waals surface area contributed by atoms with Gasteiger partial charge in [0.05, 0.1) is 6.26 Å². The Balaban J connectivity index is 0.000000222. The SMILES string of the molecule is CC.O=C1C=COC1. The zero-order valence-electron chi connectivity index (χ0n) is 5.18. The second-order valence-corrected chi connectivity index (χ2v) is 1.08. The molecule has 0 radical (unpaired) electrons. The third-order valence-electron chi connectivity index (χ3n) is 0.576. The molecular formula is C6H10O2. The van der Waals surface area contributed by atoms with Crippen molar-refractivity contribution in [2.24, 2.45) is 0 Å². The van der Waals surface area contributed by atoms with E-state index in [1.807, 2.05) is 13.8 Å². The lowest BCUT2D eigenvalue weighted by atomic mass is 10.5. The Bertz CT molecular complexity index is 94.7. The van der Waals surface area contributed by atoms with Crippen molar-refractivity contribution < 1.29 is 9.53 Å². The third kappa shape index (κ3) is 2.39. The highest BCUT2D eigenvalue weighted by molar-refractivity contribution is 5.92. The Morgan fingerprint density at radius 2 is 2.25 bits per heavy atom. The number of ether oxygens (including phenoxy) is 1. The minimum atomic E-state index is 0.0509. The molecule has 2 heteroatoms. The maximum Gasteiger partial charge on any atom is 0.196 e. The lowest BCUT2D eigenvalue weighted by Crippen LogP contribution is -1.91. The third-order valence-corrected chi connectivity index (χ3v) is 0.576. The van der Waals surface area contributed by atoms with Gasteiger partial charge in [0.25, 0.3) is 0 Å². The van der Waals surface area contributed by atoms with Gasteiger partial charge in [0.15, 0.2) is 5.78 Å². The molecule has 0 amide bonds. The van der Waals surface area contributed by atoms with E-state index < -0.39 is 0 Å². The molecule has 46 valence electrons. The van der Waals surface area contributed by atoms with Crippen LogP contribution in [0.3, 0.4) is 0 Å². The minimum absolute atomic E-state index is 0.0509. The lowest BCUT2D eigenvalue weighted by Gasteiger charge is -1.79. The van der Waals surface area contributed by atoms with Crippen LogP contribution in [0.4, 0.5) is 0 Å². The smallest absolute Gasteiger partial charge is 0.196 e. The Labute approximate surface area is 49.1 Å². The molecule has 0 aromatic rings. The van der Waals surface area contributed by atoms with Gasteiger partial charge in [-0.3, -0.25) is 4.79 Å². The first kappa shape index (κ1) is 7.21. The van der Waals surface area contributed by atoms with E-state index in [0.717, 1.165) is 0 Å². The summed E-state index contributed by atoms with van der Waals surface area (Å²) >= 11 is 0. The predicted molar refractivity (Wildman–Crippen MR) is 31.4 cm³/mol. The largest absolute Gasteiger partial charge is 0.493 e. The summed E-state index contributed by atoms with van der Waals surface area (Å²) in [5.41, 5.74) is 0. The fourth-order valence-electron chi connectivity index (χ4n) is 0.302. The molecule has 8 heavy (non-hydrogen) atoms. The topological polar surface area (TPSA) is 26.3 Å². The van der Waals surface area contributed by atoms with Gasteiger partial charge in [0, 0.05) is 6.08 Å². The molecule has 0 spiro atoms. The minimum Gasteiger partial charge on any atom is -0.493 e. The molecule has 1 rings (SSSR count). The van der Waals surface area contributed by atoms with Crippen LogP contribution in [0.25, 0.3) is 0 Å². The van der Waals surface area contributed by atoms with Crippen molar-refractivity contribution in [1.82, 2.24) is 0 Å². The molecule has 0 aromatic carbocycles. The molecule has 1 heterocycles. The van der Waals surface area contributed by atoms with E-state index in [2.05, 4.69) is 4.74 Å². The molecule has 1 aliphatic heterocycles. The number of rotatable bonds is 0. The summed E-state index contributed by atoms with van der Waals surface area (Å²) in [6.07, 6.45) is 2.82. The molecule has 0 N–H and O–H groups in total. The Morgan fingerprint density at radius 3 is 2.38 bits per heavy atom. The molecule has 1 aliphatic rings. The van der Waals surface area contributed by atoms with Crippen LogP contribution in [0, 0.1) is 0 Å². The fraction of sp³-hybridized carbons (Fsp3) is 0.500. The summed E-state index contributed by atoms with van der Waals surface area (Å²) in [5.74, 6) is 0.0509. The average molecular weight is 114 g/mol. The van der Waals surface area contributed by atoms with Crippen molar-refractivity contribution in [2.75, 3.05) is 6.61 Å². The van der Waals surface area contributed by atoms with E-state index in [-0.39, 0.29) is 12.4 Å². The van der Waals surface area contributed by atoms with Crippen molar-refractivity contribution in [1.29, 1.82) is 0 Å². The highest BCUT2D eigenvalue weighted by Gasteiger charge is 1.99. The molecule has 0 atom stereocenters. The van der Waals surface area contributed by atoms with Crippen LogP contribution < -0.4 is 0 Å². The average Bonchev–Trinajstić information content (AvgIpc) is 2.24. The molecular weight excluding hydrogens is 104 g/mol. The fourth-order valence-corrected chi connectivity index (χ4v) is 0.302. The van der Waals surface area contributed by atoms with E-state index in [1.165, 1.54) is 12.3 Å². The normalized spacial score (nSPS) is 14.5. The molecule has 0 saturated carbocycles. The Kier molecular flexibility index (Phi) is 3.94. The van der Waals surface area contributed by atoms with E-state index in [0.29, 0.717) is 0 Å².